The first-order valence-electron chi connectivity index (χ1n) is 5.75. The topological polar surface area (TPSA) is 58.5 Å². The van der Waals surface area contributed by atoms with E-state index in [-0.39, 0.29) is 0 Å². The highest BCUT2D eigenvalue weighted by molar-refractivity contribution is 5.26. The second kappa shape index (κ2) is 4.84. The Morgan fingerprint density at radius 1 is 1.56 bits per heavy atom. The van der Waals surface area contributed by atoms with Crippen LogP contribution in [0, 0.1) is 0 Å². The van der Waals surface area contributed by atoms with Gasteiger partial charge < -0.3 is 15.2 Å². The summed E-state index contributed by atoms with van der Waals surface area (Å²) in [7, 11) is 4.31. The number of anilines is 1. The minimum atomic E-state index is 0.465. The van der Waals surface area contributed by atoms with Gasteiger partial charge in [0, 0.05) is 12.1 Å². The van der Waals surface area contributed by atoms with E-state index in [9.17, 15) is 0 Å². The van der Waals surface area contributed by atoms with Gasteiger partial charge in [-0.05, 0) is 40.0 Å². The normalized spacial score (nSPS) is 19.4. The molecular weight excluding hydrogens is 204 g/mol. The number of piperidine rings is 1. The van der Waals surface area contributed by atoms with Gasteiger partial charge in [0.1, 0.15) is 0 Å². The Kier molecular flexibility index (Phi) is 3.46. The van der Waals surface area contributed by atoms with Gasteiger partial charge >= 0.3 is 0 Å². The van der Waals surface area contributed by atoms with E-state index in [1.54, 1.807) is 6.07 Å². The van der Waals surface area contributed by atoms with Crippen LogP contribution in [-0.4, -0.2) is 48.2 Å². The van der Waals surface area contributed by atoms with Crippen molar-refractivity contribution in [2.75, 3.05) is 32.9 Å². The summed E-state index contributed by atoms with van der Waals surface area (Å²) in [5.74, 6) is 1.31. The van der Waals surface area contributed by atoms with Crippen molar-refractivity contribution >= 4 is 5.82 Å². The highest BCUT2D eigenvalue weighted by atomic mass is 16.5. The van der Waals surface area contributed by atoms with Gasteiger partial charge in [0.15, 0.2) is 11.6 Å². The van der Waals surface area contributed by atoms with Crippen molar-refractivity contribution in [1.82, 2.24) is 15.0 Å². The molecule has 1 saturated heterocycles. The molecule has 2 heterocycles. The summed E-state index contributed by atoms with van der Waals surface area (Å²) in [4.78, 5) is 4.70. The van der Waals surface area contributed by atoms with Crippen LogP contribution in [0.15, 0.2) is 10.6 Å². The number of nitrogens with two attached hydrogens (primary N) is 1. The first-order valence-corrected chi connectivity index (χ1v) is 5.75. The van der Waals surface area contributed by atoms with Gasteiger partial charge in [-0.15, -0.1) is 0 Å². The number of hydrogen-bond acceptors (Lipinski definition) is 5. The van der Waals surface area contributed by atoms with Crippen LogP contribution < -0.4 is 5.73 Å². The number of hydrogen-bond donors (Lipinski definition) is 1. The fraction of sp³-hybridized carbons (Fsp3) is 0.727. The maximum absolute atomic E-state index is 5.52. The van der Waals surface area contributed by atoms with Crippen molar-refractivity contribution in [2.45, 2.75) is 25.4 Å². The average molecular weight is 224 g/mol. The smallest absolute Gasteiger partial charge is 0.167 e. The van der Waals surface area contributed by atoms with E-state index >= 15 is 0 Å². The molecule has 1 aliphatic rings. The molecule has 0 radical (unpaired) electrons. The van der Waals surface area contributed by atoms with Crippen molar-refractivity contribution < 1.29 is 4.52 Å². The molecule has 0 spiro atoms. The van der Waals surface area contributed by atoms with E-state index in [2.05, 4.69) is 29.1 Å². The lowest BCUT2D eigenvalue weighted by molar-refractivity contribution is 0.130. The maximum Gasteiger partial charge on any atom is 0.167 e. The van der Waals surface area contributed by atoms with E-state index in [1.165, 1.54) is 25.9 Å². The summed E-state index contributed by atoms with van der Waals surface area (Å²) in [6.45, 7) is 3.14. The number of aromatic nitrogens is 1. The second-order valence-electron chi connectivity index (χ2n) is 4.67. The first kappa shape index (κ1) is 11.4. The van der Waals surface area contributed by atoms with Gasteiger partial charge in [0.25, 0.3) is 0 Å². The fourth-order valence-corrected chi connectivity index (χ4v) is 2.21. The minimum Gasteiger partial charge on any atom is -0.381 e. The standard InChI is InChI=1S/C11H20N4O/c1-14-5-3-9(4-6-14)15(2)8-10-7-11(12)13-16-10/h7,9H,3-6,8H2,1-2H3,(H2,12,13). The fourth-order valence-electron chi connectivity index (χ4n) is 2.21. The quantitative estimate of drug-likeness (QED) is 0.822. The van der Waals surface area contributed by atoms with Crippen molar-refractivity contribution in [3.05, 3.63) is 11.8 Å². The Balaban J connectivity index is 1.85. The predicted molar refractivity (Wildman–Crippen MR) is 62.9 cm³/mol. The molecule has 0 saturated carbocycles. The van der Waals surface area contributed by atoms with Crippen molar-refractivity contribution in [3.63, 3.8) is 0 Å². The van der Waals surface area contributed by atoms with Crippen LogP contribution >= 0.6 is 0 Å². The molecule has 1 aromatic heterocycles. The Labute approximate surface area is 96.2 Å². The van der Waals surface area contributed by atoms with Gasteiger partial charge in [-0.1, -0.05) is 5.16 Å². The third kappa shape index (κ3) is 2.74. The zero-order valence-corrected chi connectivity index (χ0v) is 10.0. The molecule has 90 valence electrons. The Morgan fingerprint density at radius 2 is 2.25 bits per heavy atom. The summed E-state index contributed by atoms with van der Waals surface area (Å²) in [5.41, 5.74) is 5.52. The molecule has 0 bridgehead atoms. The van der Waals surface area contributed by atoms with Crippen LogP contribution in [0.4, 0.5) is 5.82 Å². The van der Waals surface area contributed by atoms with Gasteiger partial charge in [-0.2, -0.15) is 0 Å². The zero-order valence-electron chi connectivity index (χ0n) is 10.0. The SMILES string of the molecule is CN1CCC(N(C)Cc2cc(N)no2)CC1. The third-order valence-electron chi connectivity index (χ3n) is 3.29. The minimum absolute atomic E-state index is 0.465. The van der Waals surface area contributed by atoms with Crippen LogP contribution in [0.2, 0.25) is 0 Å². The number of nitrogen functional groups attached to an aromatic ring is 1. The molecule has 0 aromatic carbocycles. The van der Waals surface area contributed by atoms with E-state index in [0.717, 1.165) is 12.3 Å². The van der Waals surface area contributed by atoms with Gasteiger partial charge in [0.05, 0.1) is 6.54 Å². The van der Waals surface area contributed by atoms with Crippen LogP contribution in [-0.2, 0) is 6.54 Å². The first-order chi connectivity index (χ1) is 7.65. The summed E-state index contributed by atoms with van der Waals surface area (Å²) < 4.78 is 5.12. The van der Waals surface area contributed by atoms with E-state index < -0.39 is 0 Å². The largest absolute Gasteiger partial charge is 0.381 e. The highest BCUT2D eigenvalue weighted by Gasteiger charge is 2.21. The van der Waals surface area contributed by atoms with E-state index in [1.807, 2.05) is 0 Å². The molecule has 2 N–H and O–H groups in total. The van der Waals surface area contributed by atoms with Crippen LogP contribution in [0.3, 0.4) is 0 Å². The Morgan fingerprint density at radius 3 is 2.81 bits per heavy atom. The second-order valence-corrected chi connectivity index (χ2v) is 4.67. The molecule has 0 amide bonds. The molecule has 1 aliphatic heterocycles. The lowest BCUT2D eigenvalue weighted by Crippen LogP contribution is -2.41. The van der Waals surface area contributed by atoms with Gasteiger partial charge in [-0.3, -0.25) is 4.90 Å². The number of nitrogens with zero attached hydrogens (tertiary/aromatic N) is 3. The molecular formula is C11H20N4O. The predicted octanol–water partition coefficient (Wildman–Crippen LogP) is 0.783. The summed E-state index contributed by atoms with van der Waals surface area (Å²) >= 11 is 0. The lowest BCUT2D eigenvalue weighted by atomic mass is 10.0. The van der Waals surface area contributed by atoms with E-state index in [4.69, 9.17) is 10.3 Å². The Bertz CT molecular complexity index is 330. The maximum atomic E-state index is 5.52. The summed E-state index contributed by atoms with van der Waals surface area (Å²) in [5, 5.41) is 3.69. The van der Waals surface area contributed by atoms with Crippen LogP contribution in [0.1, 0.15) is 18.6 Å². The van der Waals surface area contributed by atoms with Crippen molar-refractivity contribution in [3.8, 4) is 0 Å². The molecule has 1 fully saturated rings. The molecule has 1 aromatic rings. The molecule has 2 rings (SSSR count). The summed E-state index contributed by atoms with van der Waals surface area (Å²) in [6, 6.07) is 2.44. The van der Waals surface area contributed by atoms with Crippen LogP contribution in [0.5, 0.6) is 0 Å². The van der Waals surface area contributed by atoms with Gasteiger partial charge in [0.2, 0.25) is 0 Å². The monoisotopic (exact) mass is 224 g/mol. The third-order valence-corrected chi connectivity index (χ3v) is 3.29. The average Bonchev–Trinajstić information content (AvgIpc) is 2.65. The Hall–Kier alpha value is -1.07. The molecule has 5 nitrogen and oxygen atoms in total. The molecule has 0 atom stereocenters. The molecule has 0 unspecified atom stereocenters. The van der Waals surface area contributed by atoms with Gasteiger partial charge in [-0.25, -0.2) is 0 Å². The molecule has 16 heavy (non-hydrogen) atoms. The summed E-state index contributed by atoms with van der Waals surface area (Å²) in [6.07, 6.45) is 2.44. The van der Waals surface area contributed by atoms with E-state index in [0.29, 0.717) is 11.9 Å². The lowest BCUT2D eigenvalue weighted by Gasteiger charge is -2.34. The zero-order chi connectivity index (χ0) is 11.5. The van der Waals surface area contributed by atoms with Crippen molar-refractivity contribution in [1.29, 1.82) is 0 Å². The van der Waals surface area contributed by atoms with Crippen LogP contribution in [0.25, 0.3) is 0 Å². The molecule has 5 heteroatoms. The van der Waals surface area contributed by atoms with Crippen molar-refractivity contribution in [2.24, 2.45) is 0 Å². The highest BCUT2D eigenvalue weighted by Crippen LogP contribution is 2.17. The number of rotatable bonds is 3. The molecule has 0 aliphatic carbocycles. The number of likely N-dealkylation sites (tertiary alicyclic amines) is 1.